The zero-order valence-electron chi connectivity index (χ0n) is 12.9. The van der Waals surface area contributed by atoms with Crippen LogP contribution in [0.3, 0.4) is 0 Å². The highest BCUT2D eigenvalue weighted by molar-refractivity contribution is 7.99. The smallest absolute Gasteiger partial charge is 0.233 e. The van der Waals surface area contributed by atoms with Gasteiger partial charge in [-0.15, -0.1) is 0 Å². The van der Waals surface area contributed by atoms with E-state index in [2.05, 4.69) is 26.3 Å². The number of halogens is 3. The lowest BCUT2D eigenvalue weighted by atomic mass is 10.2. The third-order valence-corrected chi connectivity index (χ3v) is 5.15. The molecule has 0 bridgehead atoms. The van der Waals surface area contributed by atoms with Gasteiger partial charge in [0.25, 0.3) is 0 Å². The summed E-state index contributed by atoms with van der Waals surface area (Å²) in [6, 6.07) is 12.1. The summed E-state index contributed by atoms with van der Waals surface area (Å²) < 4.78 is 0. The predicted molar refractivity (Wildman–Crippen MR) is 104 cm³/mol. The lowest BCUT2D eigenvalue weighted by molar-refractivity contribution is 0.925. The third-order valence-electron chi connectivity index (χ3n) is 3.08. The minimum Gasteiger partial charge on any atom is -0.368 e. The van der Waals surface area contributed by atoms with E-state index >= 15 is 0 Å². The predicted octanol–water partition coefficient (Wildman–Crippen LogP) is 5.18. The van der Waals surface area contributed by atoms with Crippen LogP contribution in [-0.4, -0.2) is 15.0 Å². The van der Waals surface area contributed by atoms with E-state index in [1.54, 1.807) is 36.4 Å². The van der Waals surface area contributed by atoms with Gasteiger partial charge in [0.05, 0.1) is 26.7 Å². The topological polar surface area (TPSA) is 101 Å². The maximum absolute atomic E-state index is 8.84. The Hall–Kier alpha value is -2.24. The molecule has 0 amide bonds. The molecule has 2 aromatic carbocycles. The average molecular weight is 424 g/mol. The number of nitrogens with zero attached hydrogens (tertiary/aromatic N) is 4. The maximum atomic E-state index is 8.84. The molecule has 0 atom stereocenters. The fraction of sp³-hybridized carbons (Fsp3) is 0. The molecule has 0 radical (unpaired) electrons. The van der Waals surface area contributed by atoms with Gasteiger partial charge in [-0.2, -0.15) is 20.2 Å². The van der Waals surface area contributed by atoms with E-state index in [9.17, 15) is 0 Å². The van der Waals surface area contributed by atoms with E-state index < -0.39 is 0 Å². The largest absolute Gasteiger partial charge is 0.368 e. The Kier molecular flexibility index (Phi) is 5.69. The number of hydrogen-bond acceptors (Lipinski definition) is 7. The summed E-state index contributed by atoms with van der Waals surface area (Å²) >= 11 is 19.3. The molecule has 26 heavy (non-hydrogen) atoms. The molecule has 0 aliphatic rings. The summed E-state index contributed by atoms with van der Waals surface area (Å²) in [6.07, 6.45) is 0. The van der Waals surface area contributed by atoms with Crippen LogP contribution >= 0.6 is 46.6 Å². The summed E-state index contributed by atoms with van der Waals surface area (Å²) in [5.41, 5.74) is 7.02. The highest BCUT2D eigenvalue weighted by atomic mass is 35.5. The zero-order valence-corrected chi connectivity index (χ0v) is 16.0. The summed E-state index contributed by atoms with van der Waals surface area (Å²) in [5, 5.41) is 13.3. The standard InChI is InChI=1S/C16H9Cl3N6S/c17-10-5-12(19)13(6-11(10)18)26-16-24-14(21)23-15(25-16)22-9-3-1-8(7-20)2-4-9/h1-6H,(H3,21,22,23,24,25). The Morgan fingerprint density at radius 3 is 2.35 bits per heavy atom. The summed E-state index contributed by atoms with van der Waals surface area (Å²) in [7, 11) is 0. The Morgan fingerprint density at radius 2 is 1.65 bits per heavy atom. The molecule has 3 rings (SSSR count). The number of rotatable bonds is 4. The second kappa shape index (κ2) is 7.98. The lowest BCUT2D eigenvalue weighted by Crippen LogP contribution is -2.04. The molecule has 1 aromatic heterocycles. The van der Waals surface area contributed by atoms with Gasteiger partial charge in [-0.3, -0.25) is 0 Å². The molecule has 0 fully saturated rings. The molecule has 0 unspecified atom stereocenters. The first-order valence-electron chi connectivity index (χ1n) is 7.06. The fourth-order valence-electron chi connectivity index (χ4n) is 1.91. The van der Waals surface area contributed by atoms with Crippen LogP contribution in [0.25, 0.3) is 0 Å². The molecule has 6 nitrogen and oxygen atoms in total. The van der Waals surface area contributed by atoms with Gasteiger partial charge in [0.1, 0.15) is 0 Å². The van der Waals surface area contributed by atoms with Crippen molar-refractivity contribution in [3.05, 3.63) is 57.0 Å². The molecular weight excluding hydrogens is 415 g/mol. The van der Waals surface area contributed by atoms with Gasteiger partial charge in [0.2, 0.25) is 11.9 Å². The van der Waals surface area contributed by atoms with Gasteiger partial charge in [-0.1, -0.05) is 34.8 Å². The van der Waals surface area contributed by atoms with Crippen molar-refractivity contribution in [2.24, 2.45) is 0 Å². The van der Waals surface area contributed by atoms with Crippen molar-refractivity contribution in [1.29, 1.82) is 5.26 Å². The van der Waals surface area contributed by atoms with Gasteiger partial charge >= 0.3 is 0 Å². The van der Waals surface area contributed by atoms with Crippen molar-refractivity contribution in [3.63, 3.8) is 0 Å². The molecule has 130 valence electrons. The van der Waals surface area contributed by atoms with Gasteiger partial charge < -0.3 is 11.1 Å². The van der Waals surface area contributed by atoms with Crippen LogP contribution < -0.4 is 11.1 Å². The van der Waals surface area contributed by atoms with Crippen molar-refractivity contribution >= 4 is 64.1 Å². The van der Waals surface area contributed by atoms with Crippen molar-refractivity contribution in [2.75, 3.05) is 11.1 Å². The molecule has 0 saturated heterocycles. The number of aromatic nitrogens is 3. The summed E-state index contributed by atoms with van der Waals surface area (Å²) in [5.74, 6) is 0.315. The minimum absolute atomic E-state index is 0.0508. The first-order chi connectivity index (χ1) is 12.4. The quantitative estimate of drug-likeness (QED) is 0.557. The Balaban J connectivity index is 1.85. The van der Waals surface area contributed by atoms with E-state index in [0.29, 0.717) is 36.4 Å². The Morgan fingerprint density at radius 1 is 0.962 bits per heavy atom. The maximum Gasteiger partial charge on any atom is 0.233 e. The van der Waals surface area contributed by atoms with E-state index in [4.69, 9.17) is 45.8 Å². The molecule has 0 spiro atoms. The SMILES string of the molecule is N#Cc1ccc(Nc2nc(N)nc(Sc3cc(Cl)c(Cl)cc3Cl)n2)cc1. The number of anilines is 3. The minimum atomic E-state index is 0.0508. The van der Waals surface area contributed by atoms with E-state index in [1.165, 1.54) is 11.8 Å². The molecule has 0 saturated carbocycles. The van der Waals surface area contributed by atoms with Crippen LogP contribution in [-0.2, 0) is 0 Å². The van der Waals surface area contributed by atoms with Crippen molar-refractivity contribution in [3.8, 4) is 6.07 Å². The van der Waals surface area contributed by atoms with Gasteiger partial charge in [-0.05, 0) is 48.2 Å². The first kappa shape index (κ1) is 18.5. The monoisotopic (exact) mass is 422 g/mol. The molecule has 1 heterocycles. The fourth-order valence-corrected chi connectivity index (χ4v) is 3.44. The van der Waals surface area contributed by atoms with Crippen molar-refractivity contribution in [2.45, 2.75) is 10.1 Å². The van der Waals surface area contributed by atoms with Crippen LogP contribution in [0.2, 0.25) is 15.1 Å². The molecule has 3 N–H and O–H groups in total. The number of benzene rings is 2. The average Bonchev–Trinajstić information content (AvgIpc) is 2.60. The van der Waals surface area contributed by atoms with Crippen LogP contribution in [0.15, 0.2) is 46.5 Å². The van der Waals surface area contributed by atoms with Crippen LogP contribution in [0.1, 0.15) is 5.56 Å². The number of nitrogens with one attached hydrogen (secondary N) is 1. The number of nitrogen functional groups attached to an aromatic ring is 1. The van der Waals surface area contributed by atoms with Gasteiger partial charge in [0.15, 0.2) is 5.16 Å². The van der Waals surface area contributed by atoms with E-state index in [1.807, 2.05) is 0 Å². The second-order valence-corrected chi connectivity index (χ2v) is 7.14. The van der Waals surface area contributed by atoms with Crippen LogP contribution in [0.4, 0.5) is 17.6 Å². The molecule has 3 aromatic rings. The lowest BCUT2D eigenvalue weighted by Gasteiger charge is -2.08. The highest BCUT2D eigenvalue weighted by Gasteiger charge is 2.12. The second-order valence-electron chi connectivity index (χ2n) is 4.91. The normalized spacial score (nSPS) is 10.4. The number of nitriles is 1. The van der Waals surface area contributed by atoms with Crippen molar-refractivity contribution < 1.29 is 0 Å². The highest BCUT2D eigenvalue weighted by Crippen LogP contribution is 2.37. The molecule has 0 aliphatic heterocycles. The summed E-state index contributed by atoms with van der Waals surface area (Å²) in [6.45, 7) is 0. The Labute approximate surface area is 168 Å². The zero-order chi connectivity index (χ0) is 18.7. The first-order valence-corrected chi connectivity index (χ1v) is 9.01. The molecule has 10 heteroatoms. The number of nitrogens with two attached hydrogens (primary N) is 1. The van der Waals surface area contributed by atoms with Crippen LogP contribution in [0, 0.1) is 11.3 Å². The molecular formula is C16H9Cl3N6S. The number of hydrogen-bond donors (Lipinski definition) is 2. The third kappa shape index (κ3) is 4.48. The Bertz CT molecular complexity index is 1000. The van der Waals surface area contributed by atoms with E-state index in [0.717, 1.165) is 0 Å². The van der Waals surface area contributed by atoms with Gasteiger partial charge in [-0.25, -0.2) is 0 Å². The molecule has 0 aliphatic carbocycles. The van der Waals surface area contributed by atoms with Crippen molar-refractivity contribution in [1.82, 2.24) is 15.0 Å². The van der Waals surface area contributed by atoms with Crippen LogP contribution in [0.5, 0.6) is 0 Å². The summed E-state index contributed by atoms with van der Waals surface area (Å²) in [4.78, 5) is 13.1. The van der Waals surface area contributed by atoms with E-state index in [-0.39, 0.29) is 11.9 Å². The van der Waals surface area contributed by atoms with Gasteiger partial charge in [0, 0.05) is 10.6 Å².